The second-order valence-electron chi connectivity index (χ2n) is 14.8. The molecule has 1 rings (SSSR count). The Morgan fingerprint density at radius 3 is 0.881 bits per heavy atom. The number of hydrogen-bond donors (Lipinski definition) is 0. The third-order valence-electron chi connectivity index (χ3n) is 9.89. The summed E-state index contributed by atoms with van der Waals surface area (Å²) < 4.78 is 0. The summed E-state index contributed by atoms with van der Waals surface area (Å²) >= 11 is 7.82. The molecule has 0 aromatic heterocycles. The summed E-state index contributed by atoms with van der Waals surface area (Å²) in [5.74, 6) is 0. The lowest BCUT2D eigenvalue weighted by Crippen LogP contribution is -2.48. The summed E-state index contributed by atoms with van der Waals surface area (Å²) in [5.41, 5.74) is 3.20. The summed E-state index contributed by atoms with van der Waals surface area (Å²) in [6.45, 7) is 15.1. The number of unbranched alkanes of at least 4 members (excludes halogenated alkanes) is 20. The molecule has 1 aromatic rings. The zero-order valence-electron chi connectivity index (χ0n) is 29.3. The lowest BCUT2D eigenvalue weighted by atomic mass is 10.0. The van der Waals surface area contributed by atoms with Crippen molar-refractivity contribution in [3.63, 3.8) is 0 Å². The van der Waals surface area contributed by atoms with Gasteiger partial charge >= 0.3 is 0 Å². The largest absolute Gasteiger partial charge is 0.0876 e. The molecule has 0 unspecified atom stereocenters. The van der Waals surface area contributed by atoms with E-state index in [1.54, 1.807) is 21.5 Å². The lowest BCUT2D eigenvalue weighted by molar-refractivity contribution is 0.531. The standard InChI is InChI=1S/C38H72Br2Si2/c1-7-9-11-13-15-16-17-18-19-20-21-22-23-24-26-28-30-42(5,6)38-32-35(33-39)37(31-36(38)34-40)41(3,4)29-27-25-14-12-10-8-2/h31-32H,7-30,33-34H2,1-6H3. The van der Waals surface area contributed by atoms with Gasteiger partial charge in [-0.15, -0.1) is 0 Å². The van der Waals surface area contributed by atoms with Gasteiger partial charge in [-0.25, -0.2) is 0 Å². The van der Waals surface area contributed by atoms with Crippen LogP contribution in [0.25, 0.3) is 0 Å². The van der Waals surface area contributed by atoms with Gasteiger partial charge in [-0.1, -0.05) is 248 Å². The Hall–Kier alpha value is 0.614. The van der Waals surface area contributed by atoms with E-state index in [4.69, 9.17) is 0 Å². The molecule has 1 aromatic carbocycles. The van der Waals surface area contributed by atoms with E-state index in [2.05, 4.69) is 84.0 Å². The molecule has 0 nitrogen and oxygen atoms in total. The summed E-state index contributed by atoms with van der Waals surface area (Å²) in [5, 5.41) is 5.46. The van der Waals surface area contributed by atoms with Crippen LogP contribution in [-0.4, -0.2) is 16.1 Å². The second kappa shape index (κ2) is 24.8. The van der Waals surface area contributed by atoms with Gasteiger partial charge in [0.1, 0.15) is 0 Å². The SMILES string of the molecule is CCCCCCCCCCCCCCCCCC[Si](C)(C)c1cc(CBr)c([Si](C)(C)CCCCCCCC)cc1CBr. The molecule has 0 saturated carbocycles. The third-order valence-corrected chi connectivity index (χ3v) is 18.1. The topological polar surface area (TPSA) is 0 Å². The second-order valence-corrected chi connectivity index (χ2v) is 25.5. The fraction of sp³-hybridized carbons (Fsp3) is 0.842. The van der Waals surface area contributed by atoms with E-state index in [9.17, 15) is 0 Å². The van der Waals surface area contributed by atoms with Crippen LogP contribution in [0.15, 0.2) is 12.1 Å². The van der Waals surface area contributed by atoms with Gasteiger partial charge in [0.15, 0.2) is 0 Å². The molecule has 0 fully saturated rings. The van der Waals surface area contributed by atoms with Crippen molar-refractivity contribution < 1.29 is 0 Å². The fourth-order valence-corrected chi connectivity index (χ4v) is 14.3. The monoisotopic (exact) mass is 742 g/mol. The number of hydrogen-bond acceptors (Lipinski definition) is 0. The van der Waals surface area contributed by atoms with Crippen molar-refractivity contribution in [1.82, 2.24) is 0 Å². The first-order valence-corrected chi connectivity index (χ1v) is 27.2. The minimum absolute atomic E-state index is 1.01. The van der Waals surface area contributed by atoms with E-state index in [1.807, 2.05) is 0 Å². The Labute approximate surface area is 284 Å². The molecule has 0 saturated heterocycles. The molecule has 0 aliphatic heterocycles. The molecule has 4 heteroatoms. The van der Waals surface area contributed by atoms with Crippen LogP contribution in [0.5, 0.6) is 0 Å². The summed E-state index contributed by atoms with van der Waals surface area (Å²) in [6, 6.07) is 8.19. The molecule has 0 heterocycles. The normalized spacial score (nSPS) is 12.4. The van der Waals surface area contributed by atoms with Crippen molar-refractivity contribution in [3.05, 3.63) is 23.3 Å². The van der Waals surface area contributed by atoms with Crippen molar-refractivity contribution in [2.45, 2.75) is 204 Å². The van der Waals surface area contributed by atoms with Crippen LogP contribution < -0.4 is 10.4 Å². The molecular formula is C38H72Br2Si2. The smallest absolute Gasteiger partial charge is 0.0810 e. The first-order chi connectivity index (χ1) is 20.2. The lowest BCUT2D eigenvalue weighted by Gasteiger charge is -2.31. The van der Waals surface area contributed by atoms with Gasteiger partial charge in [-0.2, -0.15) is 0 Å². The molecule has 0 radical (unpaired) electrons. The number of halogens is 2. The highest BCUT2D eigenvalue weighted by Gasteiger charge is 2.31. The predicted molar refractivity (Wildman–Crippen MR) is 208 cm³/mol. The van der Waals surface area contributed by atoms with Gasteiger partial charge < -0.3 is 0 Å². The van der Waals surface area contributed by atoms with Crippen molar-refractivity contribution >= 4 is 58.4 Å². The molecule has 42 heavy (non-hydrogen) atoms. The van der Waals surface area contributed by atoms with E-state index in [0.717, 1.165) is 10.7 Å². The maximum Gasteiger partial charge on any atom is 0.0810 e. The number of rotatable bonds is 28. The van der Waals surface area contributed by atoms with Gasteiger partial charge in [0.2, 0.25) is 0 Å². The Kier molecular flexibility index (Phi) is 24.0. The molecule has 0 spiro atoms. The van der Waals surface area contributed by atoms with E-state index >= 15 is 0 Å². The van der Waals surface area contributed by atoms with Gasteiger partial charge in [0, 0.05) is 10.7 Å². The Morgan fingerprint density at radius 1 is 0.405 bits per heavy atom. The zero-order valence-corrected chi connectivity index (χ0v) is 34.5. The van der Waals surface area contributed by atoms with Crippen LogP contribution >= 0.6 is 31.9 Å². The van der Waals surface area contributed by atoms with Gasteiger partial charge in [-0.05, 0) is 11.1 Å². The van der Waals surface area contributed by atoms with Crippen molar-refractivity contribution in [2.24, 2.45) is 0 Å². The molecule has 0 amide bonds. The van der Waals surface area contributed by atoms with E-state index in [1.165, 1.54) is 153 Å². The minimum atomic E-state index is -1.46. The molecule has 0 aliphatic rings. The third kappa shape index (κ3) is 17.3. The summed E-state index contributed by atoms with van der Waals surface area (Å²) in [4.78, 5) is 0. The van der Waals surface area contributed by atoms with Crippen LogP contribution in [0, 0.1) is 0 Å². The number of alkyl halides is 2. The van der Waals surface area contributed by atoms with Crippen LogP contribution in [0.4, 0.5) is 0 Å². The van der Waals surface area contributed by atoms with Crippen molar-refractivity contribution in [2.75, 3.05) is 0 Å². The first kappa shape index (κ1) is 40.6. The van der Waals surface area contributed by atoms with Crippen molar-refractivity contribution in [3.8, 4) is 0 Å². The van der Waals surface area contributed by atoms with Crippen LogP contribution in [0.2, 0.25) is 38.3 Å². The Bertz CT molecular complexity index is 790. The Balaban J connectivity index is 2.43. The van der Waals surface area contributed by atoms with E-state index in [-0.39, 0.29) is 0 Å². The highest BCUT2D eigenvalue weighted by Crippen LogP contribution is 2.24. The fourth-order valence-electron chi connectivity index (χ4n) is 6.90. The minimum Gasteiger partial charge on any atom is -0.0876 e. The van der Waals surface area contributed by atoms with Gasteiger partial charge in [0.05, 0.1) is 16.1 Å². The molecular weight excluding hydrogens is 672 g/mol. The van der Waals surface area contributed by atoms with Crippen LogP contribution in [0.3, 0.4) is 0 Å². The first-order valence-electron chi connectivity index (χ1n) is 18.5. The summed E-state index contributed by atoms with van der Waals surface area (Å²) in [7, 11) is -2.90. The van der Waals surface area contributed by atoms with Gasteiger partial charge in [-0.3, -0.25) is 0 Å². The summed E-state index contributed by atoms with van der Waals surface area (Å²) in [6.07, 6.45) is 31.6. The van der Waals surface area contributed by atoms with Gasteiger partial charge in [0.25, 0.3) is 0 Å². The quantitative estimate of drug-likeness (QED) is 0.0455. The molecule has 0 bridgehead atoms. The number of benzene rings is 1. The van der Waals surface area contributed by atoms with Crippen molar-refractivity contribution in [1.29, 1.82) is 0 Å². The molecule has 0 N–H and O–H groups in total. The van der Waals surface area contributed by atoms with Crippen LogP contribution in [-0.2, 0) is 10.7 Å². The average Bonchev–Trinajstić information content (AvgIpc) is 2.97. The highest BCUT2D eigenvalue weighted by atomic mass is 79.9. The van der Waals surface area contributed by atoms with E-state index in [0.29, 0.717) is 0 Å². The zero-order chi connectivity index (χ0) is 31.1. The molecule has 0 atom stereocenters. The molecule has 246 valence electrons. The Morgan fingerprint density at radius 2 is 0.643 bits per heavy atom. The van der Waals surface area contributed by atoms with Crippen LogP contribution in [0.1, 0.15) is 166 Å². The highest BCUT2D eigenvalue weighted by molar-refractivity contribution is 9.08. The predicted octanol–water partition coefficient (Wildman–Crippen LogP) is 13.9. The van der Waals surface area contributed by atoms with E-state index < -0.39 is 16.1 Å². The molecule has 0 aliphatic carbocycles. The average molecular weight is 745 g/mol. The maximum atomic E-state index is 3.91. The maximum absolute atomic E-state index is 3.91.